The Kier molecular flexibility index (Phi) is 29.8. The van der Waals surface area contributed by atoms with Crippen molar-refractivity contribution >= 4 is 23.4 Å². The molecule has 0 aromatic rings. The van der Waals surface area contributed by atoms with Gasteiger partial charge in [0, 0.05) is 12.8 Å². The second-order valence-corrected chi connectivity index (χ2v) is 11.6. The van der Waals surface area contributed by atoms with Gasteiger partial charge in [0.2, 0.25) is 0 Å². The molecule has 0 saturated carbocycles. The molecule has 0 saturated heterocycles. The molecule has 0 radical (unpaired) electrons. The molecular formula is C33H64OS. The third kappa shape index (κ3) is 28.2. The molecule has 0 aromatic heterocycles. The van der Waals surface area contributed by atoms with Crippen molar-refractivity contribution in [3.8, 4) is 0 Å². The highest BCUT2D eigenvalue weighted by Crippen LogP contribution is 2.18. The lowest BCUT2D eigenvalue weighted by Crippen LogP contribution is -2.09. The average Bonchev–Trinajstić information content (AvgIpc) is 2.86. The van der Waals surface area contributed by atoms with Gasteiger partial charge in [-0.1, -0.05) is 180 Å². The number of hydrogen-bond donors (Lipinski definition) is 0. The van der Waals surface area contributed by atoms with E-state index in [1.807, 2.05) is 5.37 Å². The highest BCUT2D eigenvalue weighted by atomic mass is 32.1. The number of ketones is 1. The van der Waals surface area contributed by atoms with Crippen molar-refractivity contribution in [3.63, 3.8) is 0 Å². The van der Waals surface area contributed by atoms with Gasteiger partial charge in [-0.3, -0.25) is 4.79 Å². The van der Waals surface area contributed by atoms with E-state index in [0.717, 1.165) is 19.3 Å². The van der Waals surface area contributed by atoms with E-state index in [1.165, 1.54) is 154 Å². The first-order valence-electron chi connectivity index (χ1n) is 16.2. The van der Waals surface area contributed by atoms with Crippen LogP contribution < -0.4 is 0 Å². The fourth-order valence-electron chi connectivity index (χ4n) is 5.20. The number of Topliss-reactive ketones (excluding diaryl/α,β-unsaturated/α-hetero) is 1. The van der Waals surface area contributed by atoms with Crippen molar-refractivity contribution in [1.82, 2.24) is 0 Å². The van der Waals surface area contributed by atoms with Crippen LogP contribution in [0.4, 0.5) is 0 Å². The lowest BCUT2D eigenvalue weighted by Gasteiger charge is -2.11. The summed E-state index contributed by atoms with van der Waals surface area (Å²) in [5.74, 6) is 0.778. The van der Waals surface area contributed by atoms with E-state index >= 15 is 0 Å². The minimum absolute atomic E-state index is 0.336. The largest absolute Gasteiger partial charge is 0.300 e. The van der Waals surface area contributed by atoms with Crippen LogP contribution in [0.25, 0.3) is 0 Å². The zero-order valence-corrected chi connectivity index (χ0v) is 25.1. The Bertz CT molecular complexity index is 433. The van der Waals surface area contributed by atoms with Gasteiger partial charge in [0.15, 0.2) is 0 Å². The summed E-state index contributed by atoms with van der Waals surface area (Å²) in [6, 6.07) is 0. The van der Waals surface area contributed by atoms with Crippen molar-refractivity contribution in [2.75, 3.05) is 0 Å². The molecule has 0 aliphatic rings. The van der Waals surface area contributed by atoms with Crippen molar-refractivity contribution < 1.29 is 4.79 Å². The van der Waals surface area contributed by atoms with E-state index < -0.39 is 0 Å². The number of unbranched alkanes of at least 4 members (excludes halogenated alkanes) is 23. The van der Waals surface area contributed by atoms with Crippen LogP contribution >= 0.6 is 12.2 Å². The van der Waals surface area contributed by atoms with Gasteiger partial charge in [0.1, 0.15) is 5.78 Å². The molecular weight excluding hydrogens is 444 g/mol. The predicted octanol–water partition coefficient (Wildman–Crippen LogP) is 12.1. The van der Waals surface area contributed by atoms with E-state index in [0.29, 0.717) is 18.1 Å². The molecule has 1 atom stereocenters. The summed E-state index contributed by atoms with van der Waals surface area (Å²) >= 11 is 5.24. The number of thiocarbonyl (C=S) groups is 1. The quantitative estimate of drug-likeness (QED) is 0.0708. The maximum Gasteiger partial charge on any atom is 0.133 e. The highest BCUT2D eigenvalue weighted by molar-refractivity contribution is 7.79. The van der Waals surface area contributed by atoms with Crippen LogP contribution in [-0.2, 0) is 4.79 Å². The van der Waals surface area contributed by atoms with E-state index in [4.69, 9.17) is 12.2 Å². The minimum atomic E-state index is 0.336. The zero-order chi connectivity index (χ0) is 25.7. The molecule has 0 amide bonds. The summed E-state index contributed by atoms with van der Waals surface area (Å²) < 4.78 is 0. The highest BCUT2D eigenvalue weighted by Gasteiger charge is 2.11. The van der Waals surface area contributed by atoms with Crippen molar-refractivity contribution in [2.45, 2.75) is 194 Å². The molecule has 0 bridgehead atoms. The van der Waals surface area contributed by atoms with Crippen molar-refractivity contribution in [2.24, 2.45) is 5.92 Å². The van der Waals surface area contributed by atoms with Crippen LogP contribution in [0, 0.1) is 5.92 Å². The van der Waals surface area contributed by atoms with Crippen LogP contribution in [-0.4, -0.2) is 11.2 Å². The Morgan fingerprint density at radius 3 is 1.17 bits per heavy atom. The SMILES string of the molecule is CCCCCCCCCCCCCCCC(=O)CC(C=S)CCCCCCCCCCCCCC. The van der Waals surface area contributed by atoms with Crippen molar-refractivity contribution in [1.29, 1.82) is 0 Å². The average molecular weight is 509 g/mol. The third-order valence-electron chi connectivity index (χ3n) is 7.67. The molecule has 35 heavy (non-hydrogen) atoms. The van der Waals surface area contributed by atoms with Crippen LogP contribution in [0.3, 0.4) is 0 Å². The third-order valence-corrected chi connectivity index (χ3v) is 8.05. The van der Waals surface area contributed by atoms with Gasteiger partial charge in [0.05, 0.1) is 0 Å². The lowest BCUT2D eigenvalue weighted by atomic mass is 9.95. The van der Waals surface area contributed by atoms with Crippen molar-refractivity contribution in [3.05, 3.63) is 0 Å². The standard InChI is InChI=1S/C33H64OS/c1-3-5-7-9-11-13-15-17-19-21-23-25-27-29-33(34)30-32(31-35)28-26-24-22-20-18-16-14-12-10-8-6-4-2/h31-32H,3-30H2,1-2H3. The van der Waals surface area contributed by atoms with Crippen LogP contribution in [0.15, 0.2) is 0 Å². The minimum Gasteiger partial charge on any atom is -0.300 e. The van der Waals surface area contributed by atoms with Gasteiger partial charge in [-0.25, -0.2) is 0 Å². The summed E-state index contributed by atoms with van der Waals surface area (Å²) in [5, 5.41) is 1.88. The smallest absolute Gasteiger partial charge is 0.133 e. The van der Waals surface area contributed by atoms with Gasteiger partial charge in [-0.2, -0.15) is 0 Å². The lowest BCUT2D eigenvalue weighted by molar-refractivity contribution is -0.119. The maximum absolute atomic E-state index is 12.4. The molecule has 0 heterocycles. The molecule has 1 unspecified atom stereocenters. The van der Waals surface area contributed by atoms with Gasteiger partial charge in [0.25, 0.3) is 0 Å². The Morgan fingerprint density at radius 1 is 0.514 bits per heavy atom. The first-order chi connectivity index (χ1) is 17.2. The molecule has 0 aliphatic carbocycles. The summed E-state index contributed by atoms with van der Waals surface area (Å²) in [4.78, 5) is 12.4. The summed E-state index contributed by atoms with van der Waals surface area (Å²) in [6.07, 6.45) is 36.8. The molecule has 208 valence electrons. The molecule has 0 spiro atoms. The zero-order valence-electron chi connectivity index (χ0n) is 24.3. The maximum atomic E-state index is 12.4. The van der Waals surface area contributed by atoms with E-state index in [1.54, 1.807) is 0 Å². The first-order valence-corrected chi connectivity index (χ1v) is 16.7. The monoisotopic (exact) mass is 508 g/mol. The predicted molar refractivity (Wildman–Crippen MR) is 163 cm³/mol. The number of hydrogen-bond acceptors (Lipinski definition) is 2. The first kappa shape index (κ1) is 34.8. The molecule has 0 aromatic carbocycles. The topological polar surface area (TPSA) is 17.1 Å². The van der Waals surface area contributed by atoms with Gasteiger partial charge in [-0.05, 0) is 24.1 Å². The molecule has 0 N–H and O–H groups in total. The Labute approximate surface area is 227 Å². The van der Waals surface area contributed by atoms with Crippen LogP contribution in [0.2, 0.25) is 0 Å². The van der Waals surface area contributed by atoms with E-state index in [2.05, 4.69) is 13.8 Å². The fraction of sp³-hybridized carbons (Fsp3) is 0.939. The Hall–Kier alpha value is -0.240. The Morgan fingerprint density at radius 2 is 0.829 bits per heavy atom. The summed E-state index contributed by atoms with van der Waals surface area (Å²) in [5.41, 5.74) is 0. The molecule has 2 heteroatoms. The van der Waals surface area contributed by atoms with Gasteiger partial charge >= 0.3 is 0 Å². The molecule has 0 rings (SSSR count). The normalized spacial score (nSPS) is 12.2. The van der Waals surface area contributed by atoms with E-state index in [-0.39, 0.29) is 0 Å². The van der Waals surface area contributed by atoms with E-state index in [9.17, 15) is 4.79 Å². The molecule has 0 aliphatic heterocycles. The number of rotatable bonds is 30. The molecule has 0 fully saturated rings. The van der Waals surface area contributed by atoms with Crippen LogP contribution in [0.1, 0.15) is 194 Å². The van der Waals surface area contributed by atoms with Gasteiger partial charge in [-0.15, -0.1) is 0 Å². The number of carbonyl (C=O) groups excluding carboxylic acids is 1. The summed E-state index contributed by atoms with van der Waals surface area (Å²) in [7, 11) is 0. The van der Waals surface area contributed by atoms with Gasteiger partial charge < -0.3 is 0 Å². The number of carbonyl (C=O) groups is 1. The van der Waals surface area contributed by atoms with Crippen LogP contribution in [0.5, 0.6) is 0 Å². The molecule has 1 nitrogen and oxygen atoms in total. The second-order valence-electron chi connectivity index (χ2n) is 11.3. The summed E-state index contributed by atoms with van der Waals surface area (Å²) in [6.45, 7) is 4.57. The second kappa shape index (κ2) is 30.0. The fourth-order valence-corrected chi connectivity index (χ4v) is 5.43. The Balaban J connectivity index is 3.42.